The van der Waals surface area contributed by atoms with Gasteiger partial charge in [-0.3, -0.25) is 0 Å². The lowest BCUT2D eigenvalue weighted by Crippen LogP contribution is -2.13. The fourth-order valence-corrected chi connectivity index (χ4v) is 2.07. The third kappa shape index (κ3) is 4.17. The fraction of sp³-hybridized carbons (Fsp3) is 0.556. The van der Waals surface area contributed by atoms with Crippen molar-refractivity contribution in [3.63, 3.8) is 0 Å². The number of alkyl halides is 3. The summed E-state index contributed by atoms with van der Waals surface area (Å²) in [5, 5.41) is 0.0221. The molecule has 0 fully saturated rings. The predicted molar refractivity (Wildman–Crippen MR) is 57.7 cm³/mol. The molecular weight excluding hydrogens is 261 g/mol. The van der Waals surface area contributed by atoms with Crippen LogP contribution in [0.5, 0.6) is 0 Å². The molecule has 2 nitrogen and oxygen atoms in total. The molecule has 0 spiro atoms. The number of aromatic nitrogens is 2. The van der Waals surface area contributed by atoms with E-state index in [-0.39, 0.29) is 14.9 Å². The van der Waals surface area contributed by atoms with Crippen LogP contribution in [0, 0.1) is 0 Å². The molecule has 0 unspecified atom stereocenters. The van der Waals surface area contributed by atoms with Gasteiger partial charge >= 0.3 is 6.18 Å². The van der Waals surface area contributed by atoms with Crippen LogP contribution >= 0.6 is 23.4 Å². The highest BCUT2D eigenvalue weighted by molar-refractivity contribution is 8.00. The monoisotopic (exact) mass is 270 g/mol. The van der Waals surface area contributed by atoms with E-state index in [9.17, 15) is 13.2 Å². The van der Waals surface area contributed by atoms with Gasteiger partial charge in [-0.1, -0.05) is 32.4 Å². The van der Waals surface area contributed by atoms with Crippen LogP contribution in [-0.2, 0) is 6.18 Å². The second-order valence-corrected chi connectivity index (χ2v) is 6.30. The average Bonchev–Trinajstić information content (AvgIpc) is 1.97. The molecule has 0 N–H and O–H groups in total. The van der Waals surface area contributed by atoms with Crippen LogP contribution in [0.3, 0.4) is 0 Å². The third-order valence-corrected chi connectivity index (χ3v) is 2.56. The first-order valence-electron chi connectivity index (χ1n) is 4.39. The van der Waals surface area contributed by atoms with E-state index in [1.807, 2.05) is 20.8 Å². The smallest absolute Gasteiger partial charge is 0.218 e. The average molecular weight is 271 g/mol. The van der Waals surface area contributed by atoms with Crippen LogP contribution in [0.2, 0.25) is 5.15 Å². The molecule has 0 aliphatic carbocycles. The Morgan fingerprint density at radius 3 is 2.19 bits per heavy atom. The summed E-state index contributed by atoms with van der Waals surface area (Å²) in [7, 11) is 0. The molecule has 0 saturated heterocycles. The van der Waals surface area contributed by atoms with Gasteiger partial charge in [-0.05, 0) is 0 Å². The van der Waals surface area contributed by atoms with Gasteiger partial charge in [0.15, 0.2) is 0 Å². The Labute approximate surface area is 101 Å². The quantitative estimate of drug-likeness (QED) is 0.569. The Kier molecular flexibility index (Phi) is 3.74. The van der Waals surface area contributed by atoms with Gasteiger partial charge in [0.05, 0.1) is 0 Å². The van der Waals surface area contributed by atoms with E-state index in [0.717, 1.165) is 0 Å². The summed E-state index contributed by atoms with van der Waals surface area (Å²) in [5.41, 5.74) is 0. The summed E-state index contributed by atoms with van der Waals surface area (Å²) >= 11 is 6.73. The zero-order chi connectivity index (χ0) is 12.6. The van der Waals surface area contributed by atoms with Gasteiger partial charge in [0.25, 0.3) is 0 Å². The molecule has 7 heteroatoms. The number of rotatable bonds is 1. The number of hydrogen-bond donors (Lipinski definition) is 0. The van der Waals surface area contributed by atoms with Crippen LogP contribution < -0.4 is 0 Å². The van der Waals surface area contributed by atoms with Crippen molar-refractivity contribution in [1.82, 2.24) is 9.97 Å². The molecule has 16 heavy (non-hydrogen) atoms. The summed E-state index contributed by atoms with van der Waals surface area (Å²) in [4.78, 5) is 6.58. The van der Waals surface area contributed by atoms with Crippen molar-refractivity contribution in [1.29, 1.82) is 0 Å². The zero-order valence-electron chi connectivity index (χ0n) is 8.89. The minimum atomic E-state index is -4.57. The minimum Gasteiger partial charge on any atom is -0.218 e. The van der Waals surface area contributed by atoms with Gasteiger partial charge in [0, 0.05) is 10.8 Å². The van der Waals surface area contributed by atoms with Crippen LogP contribution in [0.4, 0.5) is 13.2 Å². The Bertz CT molecular complexity index is 387. The standard InChI is InChI=1S/C9H10ClF3N2S/c1-8(2,3)16-6-4-5(10)14-7(15-6)9(11,12)13/h4H,1-3H3. The van der Waals surface area contributed by atoms with E-state index in [4.69, 9.17) is 11.6 Å². The lowest BCUT2D eigenvalue weighted by Gasteiger charge is -2.17. The SMILES string of the molecule is CC(C)(C)Sc1cc(Cl)nc(C(F)(F)F)n1. The van der Waals surface area contributed by atoms with E-state index in [0.29, 0.717) is 0 Å². The van der Waals surface area contributed by atoms with Crippen molar-refractivity contribution in [2.24, 2.45) is 0 Å². The van der Waals surface area contributed by atoms with E-state index in [1.165, 1.54) is 17.8 Å². The summed E-state index contributed by atoms with van der Waals surface area (Å²) in [6.45, 7) is 5.63. The second kappa shape index (κ2) is 4.41. The largest absolute Gasteiger partial charge is 0.451 e. The van der Waals surface area contributed by atoms with Gasteiger partial charge in [0.1, 0.15) is 10.2 Å². The topological polar surface area (TPSA) is 25.8 Å². The first kappa shape index (κ1) is 13.6. The van der Waals surface area contributed by atoms with Crippen LogP contribution in [0.1, 0.15) is 26.6 Å². The van der Waals surface area contributed by atoms with Gasteiger partial charge in [-0.2, -0.15) is 13.2 Å². The maximum atomic E-state index is 12.4. The number of halogens is 4. The number of hydrogen-bond acceptors (Lipinski definition) is 3. The molecule has 0 aliphatic heterocycles. The summed E-state index contributed by atoms with van der Waals surface area (Å²) in [6, 6.07) is 1.33. The molecule has 1 aromatic rings. The molecule has 0 aliphatic rings. The molecule has 0 saturated carbocycles. The Morgan fingerprint density at radius 1 is 1.19 bits per heavy atom. The molecule has 90 valence electrons. The van der Waals surface area contributed by atoms with Crippen molar-refractivity contribution in [2.45, 2.75) is 36.7 Å². The van der Waals surface area contributed by atoms with Gasteiger partial charge < -0.3 is 0 Å². The van der Waals surface area contributed by atoms with E-state index >= 15 is 0 Å². The number of nitrogens with zero attached hydrogens (tertiary/aromatic N) is 2. The van der Waals surface area contributed by atoms with Crippen LogP contribution in [-0.4, -0.2) is 14.7 Å². The van der Waals surface area contributed by atoms with Crippen molar-refractivity contribution in [3.8, 4) is 0 Å². The molecule has 1 heterocycles. The predicted octanol–water partition coefficient (Wildman–Crippen LogP) is 4.04. The summed E-state index contributed by atoms with van der Waals surface area (Å²) in [5.74, 6) is -1.20. The molecule has 1 aromatic heterocycles. The van der Waals surface area contributed by atoms with Crippen molar-refractivity contribution >= 4 is 23.4 Å². The Morgan fingerprint density at radius 2 is 1.75 bits per heavy atom. The van der Waals surface area contributed by atoms with E-state index in [2.05, 4.69) is 9.97 Å². The first-order valence-corrected chi connectivity index (χ1v) is 5.58. The Hall–Kier alpha value is -0.490. The highest BCUT2D eigenvalue weighted by atomic mass is 35.5. The molecule has 1 rings (SSSR count). The molecule has 0 bridgehead atoms. The van der Waals surface area contributed by atoms with Crippen LogP contribution in [0.15, 0.2) is 11.1 Å². The summed E-state index contributed by atoms with van der Waals surface area (Å²) in [6.07, 6.45) is -4.57. The lowest BCUT2D eigenvalue weighted by molar-refractivity contribution is -0.145. The van der Waals surface area contributed by atoms with Crippen LogP contribution in [0.25, 0.3) is 0 Å². The molecule has 0 amide bonds. The van der Waals surface area contributed by atoms with E-state index < -0.39 is 12.0 Å². The molecule has 0 aromatic carbocycles. The fourth-order valence-electron chi connectivity index (χ4n) is 0.890. The normalized spacial score (nSPS) is 12.9. The minimum absolute atomic E-state index is 0.200. The Balaban J connectivity index is 3.09. The molecule has 0 atom stereocenters. The lowest BCUT2D eigenvalue weighted by atomic mass is 10.3. The molecular formula is C9H10ClF3N2S. The van der Waals surface area contributed by atoms with Crippen molar-refractivity contribution in [2.75, 3.05) is 0 Å². The van der Waals surface area contributed by atoms with Crippen molar-refractivity contribution in [3.05, 3.63) is 17.0 Å². The maximum Gasteiger partial charge on any atom is 0.451 e. The summed E-state index contributed by atoms with van der Waals surface area (Å²) < 4.78 is 36.9. The first-order chi connectivity index (χ1) is 7.08. The second-order valence-electron chi connectivity index (χ2n) is 4.06. The zero-order valence-corrected chi connectivity index (χ0v) is 10.5. The molecule has 0 radical (unpaired) electrons. The highest BCUT2D eigenvalue weighted by Crippen LogP contribution is 2.34. The van der Waals surface area contributed by atoms with E-state index in [1.54, 1.807) is 0 Å². The van der Waals surface area contributed by atoms with Gasteiger partial charge in [-0.15, -0.1) is 11.8 Å². The third-order valence-electron chi connectivity index (χ3n) is 1.34. The maximum absolute atomic E-state index is 12.4. The van der Waals surface area contributed by atoms with Crippen molar-refractivity contribution < 1.29 is 13.2 Å². The number of thioether (sulfide) groups is 1. The van der Waals surface area contributed by atoms with Gasteiger partial charge in [0.2, 0.25) is 5.82 Å². The van der Waals surface area contributed by atoms with Gasteiger partial charge in [-0.25, -0.2) is 9.97 Å². The highest BCUT2D eigenvalue weighted by Gasteiger charge is 2.35.